The molecule has 0 N–H and O–H groups in total. The fourth-order valence-corrected chi connectivity index (χ4v) is 25.8. The molecule has 0 saturated heterocycles. The average Bonchev–Trinajstić information content (AvgIpc) is 1.57. The summed E-state index contributed by atoms with van der Waals surface area (Å²) < 4.78 is 50.2. The van der Waals surface area contributed by atoms with Crippen molar-refractivity contribution in [3.05, 3.63) is 482 Å². The third-order valence-corrected chi connectivity index (χ3v) is 33.0. The molecule has 0 fully saturated rings. The molecule has 6 unspecified atom stereocenters. The number of fused-ring (bicyclic) bond motifs is 25. The summed E-state index contributed by atoms with van der Waals surface area (Å²) in [6, 6.07) is 160. The van der Waals surface area contributed by atoms with Gasteiger partial charge in [0.25, 0.3) is 0 Å². The van der Waals surface area contributed by atoms with Gasteiger partial charge in [-0.05, 0) is 231 Å². The Labute approximate surface area is 791 Å². The molecule has 0 aliphatic heterocycles. The van der Waals surface area contributed by atoms with E-state index in [0.29, 0.717) is 0 Å². The summed E-state index contributed by atoms with van der Waals surface area (Å²) in [7, 11) is -4.81. The van der Waals surface area contributed by atoms with Gasteiger partial charge >= 0.3 is 24.5 Å². The molecule has 0 bridgehead atoms. The minimum atomic E-state index is -1.65. The van der Waals surface area contributed by atoms with Crippen molar-refractivity contribution in [3.8, 4) is 0 Å². The lowest BCUT2D eigenvalue weighted by Crippen LogP contribution is -2.27. The summed E-state index contributed by atoms with van der Waals surface area (Å²) >= 11 is 0. The lowest BCUT2D eigenvalue weighted by Gasteiger charge is -2.33. The summed E-state index contributed by atoms with van der Waals surface area (Å²) in [4.78, 5) is 0. The predicted octanol–water partition coefficient (Wildman–Crippen LogP) is 37.8. The Bertz CT molecular complexity index is 8510. The van der Waals surface area contributed by atoms with E-state index in [2.05, 4.69) is 504 Å². The normalized spacial score (nSPS) is 13.2. The second-order valence-electron chi connectivity index (χ2n) is 35.6. The van der Waals surface area contributed by atoms with Crippen LogP contribution < -0.4 is 14.0 Å². The molecular weight excluding hydrogens is 1720 g/mol. The molecule has 22 aromatic carbocycles. The van der Waals surface area contributed by atoms with Crippen LogP contribution in [0.1, 0.15) is 111 Å². The number of hydrogen-bond donors (Lipinski definition) is 0. The highest BCUT2D eigenvalue weighted by Crippen LogP contribution is 2.54. The summed E-state index contributed by atoms with van der Waals surface area (Å²) in [5, 5.41) is 30.4. The van der Waals surface area contributed by atoms with Gasteiger partial charge in [0.1, 0.15) is 33.5 Å². The second-order valence-corrected chi connectivity index (χ2v) is 39.5. The smallest absolute Gasteiger partial charge is 0.310 e. The molecule has 12 heteroatoms. The van der Waals surface area contributed by atoms with Crippen molar-refractivity contribution in [2.75, 3.05) is 14.0 Å². The molecule has 3 aromatic heterocycles. The van der Waals surface area contributed by atoms with Crippen molar-refractivity contribution in [2.24, 2.45) is 0 Å². The minimum Gasteiger partial charge on any atom is -0.408 e. The SMILES string of the molecule is CC(c1ccc2ccccc2c1)N(C(C)c1ccc2ccccc2c1)p1oc2ccc3ccccc3c2c2c(ccc3ccccc32)o1.CC(c1cccc2ccccc12)N(C(C)c1cccc2ccccc12)p1oc2ccc3ccccc3c2c2c(ccc3ccccc32)o1.CC(c1ccccc1)N(C(C)c1ccccc1)p1oc2ccc3ccccc3c2c2c(ccc3ccccc32)o1. The van der Waals surface area contributed by atoms with Crippen LogP contribution in [0.3, 0.4) is 0 Å². The maximum absolute atomic E-state index is 7.24. The lowest BCUT2D eigenvalue weighted by molar-refractivity contribution is 0.558. The number of benzene rings is 22. The molecule has 0 amide bonds. The first-order valence-electron chi connectivity index (χ1n) is 46.9. The first-order chi connectivity index (χ1) is 67.0. The predicted molar refractivity (Wildman–Crippen MR) is 578 cm³/mol. The zero-order valence-electron chi connectivity index (χ0n) is 76.3. The monoisotopic (exact) mass is 1820 g/mol. The van der Waals surface area contributed by atoms with Crippen LogP contribution in [0, 0.1) is 0 Å². The Morgan fingerprint density at radius 3 is 0.610 bits per heavy atom. The van der Waals surface area contributed by atoms with Gasteiger partial charge < -0.3 is 25.2 Å². The first-order valence-corrected chi connectivity index (χ1v) is 50.3. The van der Waals surface area contributed by atoms with Crippen LogP contribution in [0.5, 0.6) is 0 Å². The number of rotatable bonds is 15. The van der Waals surface area contributed by atoms with Crippen LogP contribution in [-0.2, 0) is 0 Å². The van der Waals surface area contributed by atoms with Gasteiger partial charge in [0.15, 0.2) is 0 Å². The van der Waals surface area contributed by atoms with Crippen LogP contribution in [0.2, 0.25) is 0 Å². The Kier molecular flexibility index (Phi) is 23.0. The molecule has 3 heterocycles. The van der Waals surface area contributed by atoms with E-state index in [1.54, 1.807) is 0 Å². The van der Waals surface area contributed by atoms with Gasteiger partial charge in [-0.25, -0.2) is 0 Å². The summed E-state index contributed by atoms with van der Waals surface area (Å²) in [5.41, 5.74) is 12.5. The standard InChI is InChI=1S/2C44H34NO2P.C36H30NO2P/c1-29(35-23-11-17-31-13-3-7-19-37(31)35)45(30(2)36-24-12-18-32-14-4-8-20-38(32)36)48-46-41-27-25-33-15-5-9-21-39(33)43(41)44-40-22-10-6-16-34(40)26-28-42(44)47-48;1-29(35-21-19-31-11-3-5-15-37(31)27-35)45(30(2)36-22-20-32-12-4-6-16-38(32)28-36)48-46-41-25-23-33-13-7-9-17-39(33)43(41)44-40-18-10-8-14-34(40)24-26-42(44)47-48;1-25(27-13-5-3-6-14-27)37(26(2)28-15-7-4-8-16-28)40-38-33-23-21-29-17-9-11-19-31(29)35(33)36-32-20-12-10-18-30(32)22-24-34(36)39-40/h2*3-30H,1-2H3;3-26H,1-2H3. The fourth-order valence-electron chi connectivity index (χ4n) is 20.7. The van der Waals surface area contributed by atoms with Crippen molar-refractivity contribution in [3.63, 3.8) is 0 Å². The molecule has 0 spiro atoms. The molecule has 6 atom stereocenters. The summed E-state index contributed by atoms with van der Waals surface area (Å²) in [5.74, 6) is 0. The van der Waals surface area contributed by atoms with Gasteiger partial charge in [-0.15, -0.1) is 0 Å². The molecule has 9 nitrogen and oxygen atoms in total. The summed E-state index contributed by atoms with van der Waals surface area (Å²) in [6.45, 7) is 13.7. The van der Waals surface area contributed by atoms with E-state index in [1.165, 1.54) is 109 Å². The first kappa shape index (κ1) is 85.2. The van der Waals surface area contributed by atoms with E-state index in [4.69, 9.17) is 25.2 Å². The lowest BCUT2D eigenvalue weighted by atomic mass is 9.96. The maximum Gasteiger partial charge on any atom is 0.310 e. The third-order valence-electron chi connectivity index (χ3n) is 27.7. The topological polar surface area (TPSA) is 88.6 Å². The highest BCUT2D eigenvalue weighted by molar-refractivity contribution is 7.39. The van der Waals surface area contributed by atoms with Crippen molar-refractivity contribution in [1.82, 2.24) is 0 Å². The van der Waals surface area contributed by atoms with Crippen molar-refractivity contribution in [1.29, 1.82) is 0 Å². The van der Waals surface area contributed by atoms with E-state index in [1.807, 2.05) is 0 Å². The average molecular weight is 1820 g/mol. The van der Waals surface area contributed by atoms with Crippen LogP contribution in [-0.4, -0.2) is 0 Å². The minimum absolute atomic E-state index is 0.0203. The van der Waals surface area contributed by atoms with Crippen molar-refractivity contribution in [2.45, 2.75) is 77.8 Å². The Morgan fingerprint density at radius 1 is 0.154 bits per heavy atom. The van der Waals surface area contributed by atoms with Gasteiger partial charge in [-0.2, -0.15) is 14.0 Å². The van der Waals surface area contributed by atoms with E-state index >= 15 is 0 Å². The quantitative estimate of drug-likeness (QED) is 0.0996. The van der Waals surface area contributed by atoms with E-state index < -0.39 is 24.5 Å². The number of nitrogens with zero attached hydrogens (tertiary/aromatic N) is 3. The molecular formula is C124H98N3O6P3. The van der Waals surface area contributed by atoms with Crippen LogP contribution in [0.25, 0.3) is 174 Å². The molecule has 25 aromatic rings. The van der Waals surface area contributed by atoms with Crippen LogP contribution in [0.4, 0.5) is 0 Å². The molecule has 0 radical (unpaired) electrons. The molecule has 136 heavy (non-hydrogen) atoms. The summed E-state index contributed by atoms with van der Waals surface area (Å²) in [6.07, 6.45) is 0. The van der Waals surface area contributed by atoms with E-state index in [0.717, 1.165) is 98.1 Å². The van der Waals surface area contributed by atoms with Crippen LogP contribution >= 0.6 is 24.5 Å². The fraction of sp³-hybridized carbons (Fsp3) is 0.0968. The Balaban J connectivity index is 0.000000115. The second kappa shape index (κ2) is 36.8. The molecule has 660 valence electrons. The number of hydrogen-bond acceptors (Lipinski definition) is 9. The van der Waals surface area contributed by atoms with E-state index in [-0.39, 0.29) is 36.3 Å². The third kappa shape index (κ3) is 15.9. The van der Waals surface area contributed by atoms with Gasteiger partial charge in [0, 0.05) is 68.6 Å². The van der Waals surface area contributed by atoms with Crippen molar-refractivity contribution < 1.29 is 25.2 Å². The molecule has 0 aliphatic rings. The molecule has 25 rings (SSSR count). The van der Waals surface area contributed by atoms with Gasteiger partial charge in [0.2, 0.25) is 0 Å². The highest BCUT2D eigenvalue weighted by Gasteiger charge is 2.35. The van der Waals surface area contributed by atoms with Gasteiger partial charge in [-0.1, -0.05) is 400 Å². The Morgan fingerprint density at radius 2 is 0.346 bits per heavy atom. The highest BCUT2D eigenvalue weighted by atomic mass is 31.1. The molecule has 0 aliphatic carbocycles. The maximum atomic E-state index is 7.24. The largest absolute Gasteiger partial charge is 0.408 e. The zero-order valence-corrected chi connectivity index (χ0v) is 79.0. The molecule has 0 saturated carbocycles. The van der Waals surface area contributed by atoms with Crippen LogP contribution in [0.15, 0.2) is 474 Å². The van der Waals surface area contributed by atoms with Crippen molar-refractivity contribution >= 4 is 198 Å². The Hall–Kier alpha value is -15.0. The zero-order chi connectivity index (χ0) is 91.4. The van der Waals surface area contributed by atoms with Gasteiger partial charge in [-0.3, -0.25) is 0 Å². The van der Waals surface area contributed by atoms with E-state index in [9.17, 15) is 0 Å². The van der Waals surface area contributed by atoms with Gasteiger partial charge in [0.05, 0.1) is 0 Å².